The molecule has 6 nitrogen and oxygen atoms in total. The maximum absolute atomic E-state index is 13.2. The fourth-order valence-electron chi connectivity index (χ4n) is 3.29. The van der Waals surface area contributed by atoms with Gasteiger partial charge in [0.1, 0.15) is 10.6 Å². The van der Waals surface area contributed by atoms with Crippen molar-refractivity contribution in [3.8, 4) is 5.69 Å². The van der Waals surface area contributed by atoms with Gasteiger partial charge in [-0.05, 0) is 37.3 Å². The lowest BCUT2D eigenvalue weighted by atomic mass is 10.2. The Morgan fingerprint density at radius 1 is 1.07 bits per heavy atom. The summed E-state index contributed by atoms with van der Waals surface area (Å²) in [7, 11) is 0. The fraction of sp³-hybridized carbons (Fsp3) is 0.316. The lowest BCUT2D eigenvalue weighted by molar-refractivity contribution is -0.130. The van der Waals surface area contributed by atoms with Gasteiger partial charge in [0.2, 0.25) is 5.91 Å². The molecule has 1 fully saturated rings. The molecule has 8 heteroatoms. The Bertz CT molecular complexity index is 1020. The second-order valence-corrected chi connectivity index (χ2v) is 7.63. The standard InChI is InChI=1S/C19H19FN4O2S/c1-12-16-11-17(18(26)23-9-7-22(8-10-23)13(2)25)27-19(16)24(21-12)15-5-3-14(20)4-6-15/h3-6,11H,7-10H2,1-2H3. The minimum Gasteiger partial charge on any atom is -0.339 e. The van der Waals surface area contributed by atoms with Crippen LogP contribution in [0.4, 0.5) is 4.39 Å². The lowest BCUT2D eigenvalue weighted by Crippen LogP contribution is -2.49. The number of fused-ring (bicyclic) bond motifs is 1. The van der Waals surface area contributed by atoms with Crippen molar-refractivity contribution in [2.45, 2.75) is 13.8 Å². The normalized spacial score (nSPS) is 14.8. The first-order chi connectivity index (χ1) is 12.9. The van der Waals surface area contributed by atoms with Gasteiger partial charge in [0.15, 0.2) is 0 Å². The minimum absolute atomic E-state index is 0.0236. The van der Waals surface area contributed by atoms with Crippen LogP contribution in [0.1, 0.15) is 22.3 Å². The van der Waals surface area contributed by atoms with E-state index in [-0.39, 0.29) is 17.6 Å². The Balaban J connectivity index is 1.62. The van der Waals surface area contributed by atoms with E-state index in [1.807, 2.05) is 13.0 Å². The van der Waals surface area contributed by atoms with E-state index in [0.29, 0.717) is 31.1 Å². The van der Waals surface area contributed by atoms with Crippen LogP contribution in [0.2, 0.25) is 0 Å². The van der Waals surface area contributed by atoms with Crippen molar-refractivity contribution < 1.29 is 14.0 Å². The highest BCUT2D eigenvalue weighted by Gasteiger charge is 2.25. The predicted molar refractivity (Wildman–Crippen MR) is 102 cm³/mol. The molecule has 0 unspecified atom stereocenters. The van der Waals surface area contributed by atoms with E-state index in [9.17, 15) is 14.0 Å². The highest BCUT2D eigenvalue weighted by atomic mass is 32.1. The van der Waals surface area contributed by atoms with E-state index in [1.54, 1.807) is 33.5 Å². The number of nitrogens with zero attached hydrogens (tertiary/aromatic N) is 4. The summed E-state index contributed by atoms with van der Waals surface area (Å²) in [5, 5.41) is 5.45. The van der Waals surface area contributed by atoms with Crippen molar-refractivity contribution in [1.29, 1.82) is 0 Å². The Kier molecular flexibility index (Phi) is 4.43. The monoisotopic (exact) mass is 386 g/mol. The molecule has 2 aromatic heterocycles. The van der Waals surface area contributed by atoms with Gasteiger partial charge in [-0.3, -0.25) is 9.59 Å². The van der Waals surface area contributed by atoms with Gasteiger partial charge in [0.25, 0.3) is 5.91 Å². The molecule has 3 heterocycles. The first-order valence-corrected chi connectivity index (χ1v) is 9.55. The number of aromatic nitrogens is 2. The predicted octanol–water partition coefficient (Wildman–Crippen LogP) is 2.84. The quantitative estimate of drug-likeness (QED) is 0.681. The van der Waals surface area contributed by atoms with Crippen molar-refractivity contribution in [1.82, 2.24) is 19.6 Å². The minimum atomic E-state index is -0.300. The second kappa shape index (κ2) is 6.77. The summed E-state index contributed by atoms with van der Waals surface area (Å²) in [4.78, 5) is 29.4. The van der Waals surface area contributed by atoms with Crippen LogP contribution in [0.25, 0.3) is 15.9 Å². The summed E-state index contributed by atoms with van der Waals surface area (Å²) >= 11 is 1.39. The number of thiophene rings is 1. The number of amides is 2. The smallest absolute Gasteiger partial charge is 0.264 e. The maximum Gasteiger partial charge on any atom is 0.264 e. The summed E-state index contributed by atoms with van der Waals surface area (Å²) < 4.78 is 15.0. The van der Waals surface area contributed by atoms with Crippen LogP contribution in [-0.2, 0) is 4.79 Å². The third-order valence-corrected chi connectivity index (χ3v) is 5.94. The van der Waals surface area contributed by atoms with Crippen LogP contribution < -0.4 is 0 Å². The van der Waals surface area contributed by atoms with Crippen molar-refractivity contribution in [3.05, 3.63) is 46.7 Å². The zero-order chi connectivity index (χ0) is 19.1. The van der Waals surface area contributed by atoms with E-state index < -0.39 is 0 Å². The zero-order valence-corrected chi connectivity index (χ0v) is 15.9. The highest BCUT2D eigenvalue weighted by Crippen LogP contribution is 2.31. The van der Waals surface area contributed by atoms with Gasteiger partial charge in [0, 0.05) is 38.5 Å². The summed E-state index contributed by atoms with van der Waals surface area (Å²) in [6.45, 7) is 5.65. The number of piperazine rings is 1. The topological polar surface area (TPSA) is 58.4 Å². The number of benzene rings is 1. The van der Waals surface area contributed by atoms with Gasteiger partial charge < -0.3 is 9.80 Å². The van der Waals surface area contributed by atoms with E-state index in [2.05, 4.69) is 5.10 Å². The van der Waals surface area contributed by atoms with Gasteiger partial charge in [-0.2, -0.15) is 5.10 Å². The molecular weight excluding hydrogens is 367 g/mol. The summed E-state index contributed by atoms with van der Waals surface area (Å²) in [6, 6.07) is 8.01. The molecule has 2 amide bonds. The van der Waals surface area contributed by atoms with E-state index >= 15 is 0 Å². The Morgan fingerprint density at radius 2 is 1.70 bits per heavy atom. The molecular formula is C19H19FN4O2S. The Labute approximate surface area is 159 Å². The first kappa shape index (κ1) is 17.7. The molecule has 0 aliphatic carbocycles. The molecule has 27 heavy (non-hydrogen) atoms. The van der Waals surface area contributed by atoms with Crippen molar-refractivity contribution in [2.75, 3.05) is 26.2 Å². The van der Waals surface area contributed by atoms with Crippen molar-refractivity contribution >= 4 is 33.4 Å². The summed E-state index contributed by atoms with van der Waals surface area (Å²) in [5.74, 6) is -0.283. The molecule has 1 aromatic carbocycles. The molecule has 0 saturated carbocycles. The van der Waals surface area contributed by atoms with Crippen LogP contribution in [0.5, 0.6) is 0 Å². The van der Waals surface area contributed by atoms with Gasteiger partial charge in [0.05, 0.1) is 16.3 Å². The van der Waals surface area contributed by atoms with Gasteiger partial charge in [-0.25, -0.2) is 9.07 Å². The number of hydrogen-bond donors (Lipinski definition) is 0. The van der Waals surface area contributed by atoms with Crippen LogP contribution >= 0.6 is 11.3 Å². The molecule has 0 spiro atoms. The number of halogens is 1. The molecule has 0 bridgehead atoms. The molecule has 0 radical (unpaired) electrons. The second-order valence-electron chi connectivity index (χ2n) is 6.60. The molecule has 1 aliphatic rings. The van der Waals surface area contributed by atoms with Crippen LogP contribution in [0, 0.1) is 12.7 Å². The average Bonchev–Trinajstić information content (AvgIpc) is 3.23. The number of carbonyl (C=O) groups excluding carboxylic acids is 2. The molecule has 0 N–H and O–H groups in total. The van der Waals surface area contributed by atoms with Gasteiger partial charge in [-0.1, -0.05) is 0 Å². The number of hydrogen-bond acceptors (Lipinski definition) is 4. The van der Waals surface area contributed by atoms with E-state index in [4.69, 9.17) is 0 Å². The molecule has 4 rings (SSSR count). The highest BCUT2D eigenvalue weighted by molar-refractivity contribution is 7.20. The SMILES string of the molecule is CC(=O)N1CCN(C(=O)c2cc3c(C)nn(-c4ccc(F)cc4)c3s2)CC1. The van der Waals surface area contributed by atoms with Gasteiger partial charge in [-0.15, -0.1) is 11.3 Å². The molecule has 0 atom stereocenters. The fourth-order valence-corrected chi connectivity index (χ4v) is 4.44. The third-order valence-electron chi connectivity index (χ3n) is 4.84. The largest absolute Gasteiger partial charge is 0.339 e. The van der Waals surface area contributed by atoms with Gasteiger partial charge >= 0.3 is 0 Å². The van der Waals surface area contributed by atoms with E-state index in [1.165, 1.54) is 23.5 Å². The summed E-state index contributed by atoms with van der Waals surface area (Å²) in [6.07, 6.45) is 0. The lowest BCUT2D eigenvalue weighted by Gasteiger charge is -2.33. The Morgan fingerprint density at radius 3 is 2.33 bits per heavy atom. The van der Waals surface area contributed by atoms with Crippen molar-refractivity contribution in [2.24, 2.45) is 0 Å². The molecule has 3 aromatic rings. The third kappa shape index (κ3) is 3.21. The maximum atomic E-state index is 13.2. The zero-order valence-electron chi connectivity index (χ0n) is 15.1. The van der Waals surface area contributed by atoms with Crippen LogP contribution in [0.15, 0.2) is 30.3 Å². The number of aryl methyl sites for hydroxylation is 1. The van der Waals surface area contributed by atoms with E-state index in [0.717, 1.165) is 21.6 Å². The van der Waals surface area contributed by atoms with Crippen molar-refractivity contribution in [3.63, 3.8) is 0 Å². The molecule has 1 saturated heterocycles. The number of rotatable bonds is 2. The van der Waals surface area contributed by atoms with Crippen LogP contribution in [-0.4, -0.2) is 57.6 Å². The molecule has 1 aliphatic heterocycles. The number of carbonyl (C=O) groups is 2. The first-order valence-electron chi connectivity index (χ1n) is 8.74. The average molecular weight is 386 g/mol. The Hall–Kier alpha value is -2.74. The molecule has 140 valence electrons. The summed E-state index contributed by atoms with van der Waals surface area (Å²) in [5.41, 5.74) is 1.58. The van der Waals surface area contributed by atoms with Crippen LogP contribution in [0.3, 0.4) is 0 Å².